The summed E-state index contributed by atoms with van der Waals surface area (Å²) < 4.78 is 11.2. The summed E-state index contributed by atoms with van der Waals surface area (Å²) in [7, 11) is 0. The molecule has 118 valence electrons. The van der Waals surface area contributed by atoms with Crippen molar-refractivity contribution in [1.29, 1.82) is 0 Å². The predicted molar refractivity (Wildman–Crippen MR) is 94.9 cm³/mol. The molecule has 22 heavy (non-hydrogen) atoms. The van der Waals surface area contributed by atoms with Crippen LogP contribution in [-0.4, -0.2) is 22.2 Å². The predicted octanol–water partition coefficient (Wildman–Crippen LogP) is 4.06. The molecule has 0 atom stereocenters. The van der Waals surface area contributed by atoms with Gasteiger partial charge in [0.1, 0.15) is 16.1 Å². The summed E-state index contributed by atoms with van der Waals surface area (Å²) >= 11 is 2.18. The molecular formula is C17H20INO3. The van der Waals surface area contributed by atoms with Crippen LogP contribution in [0.5, 0.6) is 5.75 Å². The number of aryl methyl sites for hydroxylation is 2. The fourth-order valence-corrected chi connectivity index (χ4v) is 2.70. The van der Waals surface area contributed by atoms with Gasteiger partial charge in [-0.15, -0.1) is 0 Å². The van der Waals surface area contributed by atoms with Crippen LogP contribution in [0.25, 0.3) is 0 Å². The molecule has 5 heteroatoms. The average Bonchev–Trinajstić information content (AvgIpc) is 2.87. The first-order chi connectivity index (χ1) is 10.7. The van der Waals surface area contributed by atoms with Gasteiger partial charge in [0.2, 0.25) is 0 Å². The number of ether oxygens (including phenoxy) is 2. The van der Waals surface area contributed by atoms with Gasteiger partial charge < -0.3 is 14.5 Å². The van der Waals surface area contributed by atoms with Crippen molar-refractivity contribution in [3.63, 3.8) is 0 Å². The highest BCUT2D eigenvalue weighted by Gasteiger charge is 2.15. The van der Waals surface area contributed by atoms with Gasteiger partial charge in [-0.25, -0.2) is 4.79 Å². The SMILES string of the molecule is CCOC(=O)c1[nH]cc(CCc2cccc(OCI)c2)c1C. The lowest BCUT2D eigenvalue weighted by Crippen LogP contribution is -2.06. The van der Waals surface area contributed by atoms with Crippen molar-refractivity contribution in [2.24, 2.45) is 0 Å². The number of H-pyrrole nitrogens is 1. The number of carbonyl (C=O) groups is 1. The number of aromatic amines is 1. The fraction of sp³-hybridized carbons (Fsp3) is 0.353. The second-order valence-electron chi connectivity index (χ2n) is 4.94. The number of aromatic nitrogens is 1. The highest BCUT2D eigenvalue weighted by molar-refractivity contribution is 14.1. The standard InChI is InChI=1S/C17H20INO3/c1-3-21-17(20)16-12(2)14(10-19-16)8-7-13-5-4-6-15(9-13)22-11-18/h4-6,9-10,19H,3,7-8,11H2,1-2H3. The van der Waals surface area contributed by atoms with Gasteiger partial charge in [-0.05, 0) is 78.1 Å². The molecule has 0 saturated carbocycles. The van der Waals surface area contributed by atoms with E-state index in [1.807, 2.05) is 32.2 Å². The van der Waals surface area contributed by atoms with Gasteiger partial charge in [0.25, 0.3) is 0 Å². The number of halogens is 1. The summed E-state index contributed by atoms with van der Waals surface area (Å²) in [6.07, 6.45) is 3.67. The zero-order valence-electron chi connectivity index (χ0n) is 12.8. The molecule has 0 bridgehead atoms. The maximum absolute atomic E-state index is 11.8. The molecule has 1 N–H and O–H groups in total. The minimum atomic E-state index is -0.288. The summed E-state index contributed by atoms with van der Waals surface area (Å²) in [6.45, 7) is 4.14. The van der Waals surface area contributed by atoms with Crippen molar-refractivity contribution in [3.05, 3.63) is 52.8 Å². The fourth-order valence-electron chi connectivity index (χ4n) is 2.34. The molecule has 1 aromatic carbocycles. The van der Waals surface area contributed by atoms with E-state index < -0.39 is 0 Å². The Morgan fingerprint density at radius 3 is 2.86 bits per heavy atom. The number of benzene rings is 1. The van der Waals surface area contributed by atoms with Crippen molar-refractivity contribution in [2.75, 3.05) is 11.2 Å². The van der Waals surface area contributed by atoms with Crippen molar-refractivity contribution in [1.82, 2.24) is 4.98 Å². The minimum Gasteiger partial charge on any atom is -0.483 e. The Labute approximate surface area is 144 Å². The van der Waals surface area contributed by atoms with E-state index in [1.165, 1.54) is 5.56 Å². The van der Waals surface area contributed by atoms with E-state index in [0.717, 1.165) is 29.7 Å². The summed E-state index contributed by atoms with van der Waals surface area (Å²) in [5, 5.41) is 0. The number of carbonyl (C=O) groups excluding carboxylic acids is 1. The Kier molecular flexibility index (Phi) is 6.30. The highest BCUT2D eigenvalue weighted by Crippen LogP contribution is 2.19. The number of alkyl halides is 1. The summed E-state index contributed by atoms with van der Waals surface area (Å²) in [5.41, 5.74) is 3.89. The molecule has 0 amide bonds. The van der Waals surface area contributed by atoms with Crippen LogP contribution in [-0.2, 0) is 17.6 Å². The Bertz CT molecular complexity index is 637. The lowest BCUT2D eigenvalue weighted by atomic mass is 10.0. The van der Waals surface area contributed by atoms with E-state index in [1.54, 1.807) is 0 Å². The van der Waals surface area contributed by atoms with E-state index in [2.05, 4.69) is 39.7 Å². The van der Waals surface area contributed by atoms with Crippen molar-refractivity contribution < 1.29 is 14.3 Å². The summed E-state index contributed by atoms with van der Waals surface area (Å²) in [5.74, 6) is 0.605. The van der Waals surface area contributed by atoms with Crippen LogP contribution in [0.4, 0.5) is 0 Å². The Morgan fingerprint density at radius 1 is 1.32 bits per heavy atom. The molecule has 2 rings (SSSR count). The largest absolute Gasteiger partial charge is 0.483 e. The van der Waals surface area contributed by atoms with Crippen molar-refractivity contribution in [3.8, 4) is 5.75 Å². The van der Waals surface area contributed by atoms with Crippen LogP contribution in [0.3, 0.4) is 0 Å². The number of esters is 1. The number of rotatable bonds is 7. The van der Waals surface area contributed by atoms with Crippen molar-refractivity contribution in [2.45, 2.75) is 26.7 Å². The molecule has 1 heterocycles. The normalized spacial score (nSPS) is 10.5. The molecule has 2 aromatic rings. The van der Waals surface area contributed by atoms with E-state index in [-0.39, 0.29) is 5.97 Å². The molecule has 0 aliphatic heterocycles. The molecule has 0 aliphatic carbocycles. The van der Waals surface area contributed by atoms with Crippen LogP contribution >= 0.6 is 22.6 Å². The van der Waals surface area contributed by atoms with Gasteiger partial charge >= 0.3 is 5.97 Å². The second kappa shape index (κ2) is 8.22. The third-order valence-electron chi connectivity index (χ3n) is 3.53. The molecular weight excluding hydrogens is 393 g/mol. The molecule has 0 spiro atoms. The topological polar surface area (TPSA) is 51.3 Å². The van der Waals surface area contributed by atoms with Crippen LogP contribution in [0, 0.1) is 6.92 Å². The Balaban J connectivity index is 2.03. The molecule has 0 fully saturated rings. The number of hydrogen-bond donors (Lipinski definition) is 1. The first-order valence-electron chi connectivity index (χ1n) is 7.27. The van der Waals surface area contributed by atoms with Crippen LogP contribution in [0.1, 0.15) is 34.1 Å². The zero-order valence-corrected chi connectivity index (χ0v) is 15.0. The van der Waals surface area contributed by atoms with Crippen LogP contribution in [0.2, 0.25) is 0 Å². The van der Waals surface area contributed by atoms with Crippen molar-refractivity contribution >= 4 is 28.6 Å². The van der Waals surface area contributed by atoms with E-state index >= 15 is 0 Å². The van der Waals surface area contributed by atoms with Crippen LogP contribution < -0.4 is 4.74 Å². The first kappa shape index (κ1) is 16.9. The first-order valence-corrected chi connectivity index (χ1v) is 8.80. The molecule has 1 aromatic heterocycles. The Morgan fingerprint density at radius 2 is 2.14 bits per heavy atom. The quantitative estimate of drug-likeness (QED) is 0.423. The lowest BCUT2D eigenvalue weighted by molar-refractivity contribution is 0.0519. The average molecular weight is 413 g/mol. The summed E-state index contributed by atoms with van der Waals surface area (Å²) in [6, 6.07) is 8.12. The number of hydrogen-bond acceptors (Lipinski definition) is 3. The monoisotopic (exact) mass is 413 g/mol. The highest BCUT2D eigenvalue weighted by atomic mass is 127. The van der Waals surface area contributed by atoms with Gasteiger partial charge in [-0.2, -0.15) is 0 Å². The third-order valence-corrected chi connectivity index (χ3v) is 3.84. The Hall–Kier alpha value is -1.50. The number of nitrogens with one attached hydrogen (secondary N) is 1. The molecule has 4 nitrogen and oxygen atoms in total. The van der Waals surface area contributed by atoms with Gasteiger partial charge in [-0.1, -0.05) is 12.1 Å². The molecule has 0 radical (unpaired) electrons. The van der Waals surface area contributed by atoms with E-state index in [4.69, 9.17) is 9.47 Å². The molecule has 0 aliphatic rings. The minimum absolute atomic E-state index is 0.288. The van der Waals surface area contributed by atoms with E-state index in [0.29, 0.717) is 16.9 Å². The lowest BCUT2D eigenvalue weighted by Gasteiger charge is -2.06. The molecule has 0 saturated heterocycles. The maximum atomic E-state index is 11.8. The van der Waals surface area contributed by atoms with Gasteiger partial charge in [0.05, 0.1) is 6.61 Å². The smallest absolute Gasteiger partial charge is 0.355 e. The van der Waals surface area contributed by atoms with E-state index in [9.17, 15) is 4.79 Å². The van der Waals surface area contributed by atoms with Crippen LogP contribution in [0.15, 0.2) is 30.5 Å². The molecule has 0 unspecified atom stereocenters. The zero-order chi connectivity index (χ0) is 15.9. The van der Waals surface area contributed by atoms with Gasteiger partial charge in [0.15, 0.2) is 0 Å². The van der Waals surface area contributed by atoms with Gasteiger partial charge in [0, 0.05) is 6.20 Å². The third kappa shape index (κ3) is 4.25. The summed E-state index contributed by atoms with van der Waals surface area (Å²) in [4.78, 5) is 14.8. The second-order valence-corrected chi connectivity index (χ2v) is 5.56. The van der Waals surface area contributed by atoms with Gasteiger partial charge in [-0.3, -0.25) is 0 Å². The maximum Gasteiger partial charge on any atom is 0.355 e.